The third-order valence-corrected chi connectivity index (χ3v) is 2.63. The molecule has 0 saturated carbocycles. The van der Waals surface area contributed by atoms with Gasteiger partial charge in [-0.05, 0) is 30.9 Å². The maximum absolute atomic E-state index is 5.62. The van der Waals surface area contributed by atoms with E-state index < -0.39 is 0 Å². The Morgan fingerprint density at radius 2 is 2.14 bits per heavy atom. The van der Waals surface area contributed by atoms with Gasteiger partial charge in [-0.2, -0.15) is 0 Å². The molecule has 2 rings (SSSR count). The van der Waals surface area contributed by atoms with Crippen molar-refractivity contribution in [3.63, 3.8) is 0 Å². The molecule has 14 heavy (non-hydrogen) atoms. The largest absolute Gasteiger partial charge is 0.374 e. The maximum Gasteiger partial charge on any atom is 0.0786 e. The van der Waals surface area contributed by atoms with Gasteiger partial charge in [0.25, 0.3) is 0 Å². The molecule has 1 saturated heterocycles. The van der Waals surface area contributed by atoms with Crippen molar-refractivity contribution in [1.82, 2.24) is 0 Å². The maximum atomic E-state index is 5.62. The Labute approximate surface area is 85.4 Å². The summed E-state index contributed by atoms with van der Waals surface area (Å²) in [6, 6.07) is 10.4. The van der Waals surface area contributed by atoms with Gasteiger partial charge in [0.2, 0.25) is 0 Å². The molecule has 0 aromatic heterocycles. The fourth-order valence-electron chi connectivity index (χ4n) is 1.84. The molecule has 1 aromatic rings. The lowest BCUT2D eigenvalue weighted by Gasteiger charge is -2.09. The Hall–Kier alpha value is -1.08. The predicted octanol–water partition coefficient (Wildman–Crippen LogP) is 3.27. The molecule has 0 spiro atoms. The molecule has 1 unspecified atom stereocenters. The van der Waals surface area contributed by atoms with E-state index in [2.05, 4.69) is 37.3 Å². The molecule has 1 aliphatic rings. The van der Waals surface area contributed by atoms with Crippen LogP contribution in [0.3, 0.4) is 0 Å². The van der Waals surface area contributed by atoms with Crippen molar-refractivity contribution in [2.24, 2.45) is 0 Å². The van der Waals surface area contributed by atoms with Crippen molar-refractivity contribution in [3.8, 4) is 0 Å². The Kier molecular flexibility index (Phi) is 3.00. The summed E-state index contributed by atoms with van der Waals surface area (Å²) in [5.41, 5.74) is 2.61. The average Bonchev–Trinajstić information content (AvgIpc) is 2.72. The highest BCUT2D eigenvalue weighted by Crippen LogP contribution is 2.21. The minimum Gasteiger partial charge on any atom is -0.374 e. The highest BCUT2D eigenvalue weighted by atomic mass is 16.5. The summed E-state index contributed by atoms with van der Waals surface area (Å²) in [7, 11) is 0. The summed E-state index contributed by atoms with van der Waals surface area (Å²) in [5, 5.41) is 0. The smallest absolute Gasteiger partial charge is 0.0786 e. The van der Waals surface area contributed by atoms with Gasteiger partial charge >= 0.3 is 0 Å². The fraction of sp³-hybridized carbons (Fsp3) is 0.385. The van der Waals surface area contributed by atoms with Gasteiger partial charge in [-0.25, -0.2) is 0 Å². The van der Waals surface area contributed by atoms with Crippen molar-refractivity contribution in [2.45, 2.75) is 25.9 Å². The molecular weight excluding hydrogens is 172 g/mol. The lowest BCUT2D eigenvalue weighted by molar-refractivity contribution is 0.138. The van der Waals surface area contributed by atoms with E-state index in [1.807, 2.05) is 6.07 Å². The summed E-state index contributed by atoms with van der Waals surface area (Å²) < 4.78 is 5.62. The monoisotopic (exact) mass is 188 g/mol. The number of hydrogen-bond donors (Lipinski definition) is 0. The summed E-state index contributed by atoms with van der Waals surface area (Å²) in [4.78, 5) is 0. The minimum absolute atomic E-state index is 0.357. The van der Waals surface area contributed by atoms with Gasteiger partial charge in [0.05, 0.1) is 6.10 Å². The second-order valence-corrected chi connectivity index (χ2v) is 3.80. The van der Waals surface area contributed by atoms with Gasteiger partial charge < -0.3 is 4.74 Å². The minimum atomic E-state index is 0.357. The van der Waals surface area contributed by atoms with E-state index in [1.54, 1.807) is 0 Å². The molecule has 1 heteroatoms. The van der Waals surface area contributed by atoms with Gasteiger partial charge in [0.1, 0.15) is 0 Å². The fourth-order valence-corrected chi connectivity index (χ4v) is 1.84. The van der Waals surface area contributed by atoms with Crippen molar-refractivity contribution >= 4 is 6.08 Å². The third kappa shape index (κ3) is 2.24. The second kappa shape index (κ2) is 4.43. The van der Waals surface area contributed by atoms with Crippen LogP contribution < -0.4 is 0 Å². The van der Waals surface area contributed by atoms with Crippen LogP contribution in [0, 0.1) is 0 Å². The molecule has 0 radical (unpaired) electrons. The van der Waals surface area contributed by atoms with Crippen LogP contribution in [0.1, 0.15) is 25.3 Å². The quantitative estimate of drug-likeness (QED) is 0.692. The highest BCUT2D eigenvalue weighted by molar-refractivity contribution is 5.53. The molecule has 0 bridgehead atoms. The molecule has 0 amide bonds. The zero-order valence-electron chi connectivity index (χ0n) is 8.57. The first-order valence-corrected chi connectivity index (χ1v) is 5.21. The average molecular weight is 188 g/mol. The SMILES string of the molecule is C/C(=C\c1ccccc1)C1CCCO1. The van der Waals surface area contributed by atoms with E-state index in [4.69, 9.17) is 4.74 Å². The van der Waals surface area contributed by atoms with Crippen molar-refractivity contribution in [1.29, 1.82) is 0 Å². The summed E-state index contributed by atoms with van der Waals surface area (Å²) >= 11 is 0. The first-order valence-electron chi connectivity index (χ1n) is 5.21. The van der Waals surface area contributed by atoms with Gasteiger partial charge in [-0.15, -0.1) is 0 Å². The van der Waals surface area contributed by atoms with Crippen LogP contribution in [0.4, 0.5) is 0 Å². The van der Waals surface area contributed by atoms with Gasteiger partial charge in [-0.1, -0.05) is 36.4 Å². The molecule has 0 N–H and O–H groups in total. The van der Waals surface area contributed by atoms with E-state index in [1.165, 1.54) is 24.0 Å². The zero-order valence-corrected chi connectivity index (χ0v) is 8.57. The highest BCUT2D eigenvalue weighted by Gasteiger charge is 2.16. The van der Waals surface area contributed by atoms with E-state index in [0.29, 0.717) is 6.10 Å². The molecule has 1 heterocycles. The first-order chi connectivity index (χ1) is 6.86. The Morgan fingerprint density at radius 3 is 2.79 bits per heavy atom. The van der Waals surface area contributed by atoms with E-state index in [-0.39, 0.29) is 0 Å². The molecule has 1 aliphatic heterocycles. The van der Waals surface area contributed by atoms with Crippen LogP contribution in [0.25, 0.3) is 6.08 Å². The van der Waals surface area contributed by atoms with Crippen LogP contribution in [-0.2, 0) is 4.74 Å². The van der Waals surface area contributed by atoms with Crippen molar-refractivity contribution in [3.05, 3.63) is 41.5 Å². The topological polar surface area (TPSA) is 9.23 Å². The molecule has 1 nitrogen and oxygen atoms in total. The standard InChI is InChI=1S/C13H16O/c1-11(13-8-5-9-14-13)10-12-6-3-2-4-7-12/h2-4,6-7,10,13H,5,8-9H2,1H3/b11-10+. The summed E-state index contributed by atoms with van der Waals surface area (Å²) in [6.45, 7) is 3.08. The number of benzene rings is 1. The molecular formula is C13H16O. The van der Waals surface area contributed by atoms with Crippen LogP contribution in [0.15, 0.2) is 35.9 Å². The predicted molar refractivity (Wildman–Crippen MR) is 59.1 cm³/mol. The molecule has 1 atom stereocenters. The Balaban J connectivity index is 2.10. The van der Waals surface area contributed by atoms with Crippen LogP contribution in [-0.4, -0.2) is 12.7 Å². The Morgan fingerprint density at radius 1 is 1.36 bits per heavy atom. The lowest BCUT2D eigenvalue weighted by Crippen LogP contribution is -2.05. The second-order valence-electron chi connectivity index (χ2n) is 3.80. The first kappa shape index (κ1) is 9.47. The molecule has 0 aliphatic carbocycles. The normalized spacial score (nSPS) is 22.6. The summed E-state index contributed by atoms with van der Waals surface area (Å²) in [6.07, 6.45) is 4.95. The van der Waals surface area contributed by atoms with Gasteiger partial charge in [-0.3, -0.25) is 0 Å². The number of ether oxygens (including phenoxy) is 1. The summed E-state index contributed by atoms with van der Waals surface area (Å²) in [5.74, 6) is 0. The molecule has 1 aromatic carbocycles. The Bertz CT molecular complexity index is 307. The number of hydrogen-bond acceptors (Lipinski definition) is 1. The van der Waals surface area contributed by atoms with E-state index in [9.17, 15) is 0 Å². The van der Waals surface area contributed by atoms with E-state index in [0.717, 1.165) is 6.61 Å². The zero-order chi connectivity index (χ0) is 9.80. The van der Waals surface area contributed by atoms with Crippen LogP contribution in [0.5, 0.6) is 0 Å². The number of rotatable bonds is 2. The molecule has 1 fully saturated rings. The van der Waals surface area contributed by atoms with Gasteiger partial charge in [0.15, 0.2) is 0 Å². The lowest BCUT2D eigenvalue weighted by atomic mass is 10.1. The van der Waals surface area contributed by atoms with Crippen LogP contribution >= 0.6 is 0 Å². The third-order valence-electron chi connectivity index (χ3n) is 2.63. The molecule has 74 valence electrons. The van der Waals surface area contributed by atoms with Gasteiger partial charge in [0, 0.05) is 6.61 Å². The van der Waals surface area contributed by atoms with E-state index >= 15 is 0 Å². The van der Waals surface area contributed by atoms with Crippen molar-refractivity contribution < 1.29 is 4.74 Å². The van der Waals surface area contributed by atoms with Crippen molar-refractivity contribution in [2.75, 3.05) is 6.61 Å². The van der Waals surface area contributed by atoms with Crippen LogP contribution in [0.2, 0.25) is 0 Å².